The number of hydrogen-bond donors (Lipinski definition) is 1. The molecule has 9 nitrogen and oxygen atoms in total. The number of piperidine rings is 1. The quantitative estimate of drug-likeness (QED) is 0.537. The van der Waals surface area contributed by atoms with E-state index in [1.807, 2.05) is 4.90 Å². The first kappa shape index (κ1) is 21.5. The molecule has 33 heavy (non-hydrogen) atoms. The molecule has 1 aromatic carbocycles. The molecule has 5 rings (SSSR count). The minimum Gasteiger partial charge on any atom is -0.371 e. The molecule has 2 aromatic rings. The van der Waals surface area contributed by atoms with Crippen molar-refractivity contribution in [3.05, 3.63) is 45.6 Å². The lowest BCUT2D eigenvalue weighted by Gasteiger charge is -2.38. The minimum atomic E-state index is -2.77. The predicted octanol–water partition coefficient (Wildman–Crippen LogP) is 3.78. The summed E-state index contributed by atoms with van der Waals surface area (Å²) in [4.78, 5) is 35.9. The number of amides is 1. The molecule has 1 amide bonds. The van der Waals surface area contributed by atoms with Gasteiger partial charge in [-0.2, -0.15) is 4.98 Å². The Kier molecular flexibility index (Phi) is 4.95. The highest BCUT2D eigenvalue weighted by atomic mass is 19.3. The van der Waals surface area contributed by atoms with E-state index in [2.05, 4.69) is 15.3 Å². The maximum absolute atomic E-state index is 13.2. The van der Waals surface area contributed by atoms with Crippen LogP contribution in [0.5, 0.6) is 0 Å². The van der Waals surface area contributed by atoms with Crippen LogP contribution in [-0.2, 0) is 0 Å². The van der Waals surface area contributed by atoms with Crippen LogP contribution >= 0.6 is 0 Å². The molecule has 0 bridgehead atoms. The molecule has 11 heteroatoms. The average molecular weight is 458 g/mol. The van der Waals surface area contributed by atoms with Crippen LogP contribution in [0, 0.1) is 22.5 Å². The number of non-ortho nitro benzene ring substituents is 1. The maximum Gasteiger partial charge on any atom is 0.282 e. The third-order valence-electron chi connectivity index (χ3n) is 6.77. The number of benzene rings is 1. The summed E-state index contributed by atoms with van der Waals surface area (Å²) in [5.41, 5.74) is 1.70. The predicted molar refractivity (Wildman–Crippen MR) is 118 cm³/mol. The summed E-state index contributed by atoms with van der Waals surface area (Å²) in [5.74, 6) is -2.91. The van der Waals surface area contributed by atoms with Crippen molar-refractivity contribution in [1.29, 1.82) is 0 Å². The van der Waals surface area contributed by atoms with E-state index in [1.165, 1.54) is 35.9 Å². The summed E-state index contributed by atoms with van der Waals surface area (Å²) >= 11 is 0. The van der Waals surface area contributed by atoms with E-state index < -0.39 is 29.8 Å². The van der Waals surface area contributed by atoms with Crippen LogP contribution in [0.15, 0.2) is 24.3 Å². The van der Waals surface area contributed by atoms with Crippen molar-refractivity contribution in [2.24, 2.45) is 5.41 Å². The van der Waals surface area contributed by atoms with Gasteiger partial charge in [0.1, 0.15) is 5.82 Å². The summed E-state index contributed by atoms with van der Waals surface area (Å²) in [6.07, 6.45) is 4.46. The van der Waals surface area contributed by atoms with Gasteiger partial charge in [0.05, 0.1) is 29.3 Å². The van der Waals surface area contributed by atoms with Crippen molar-refractivity contribution >= 4 is 29.0 Å². The Morgan fingerprint density at radius 1 is 1.09 bits per heavy atom. The molecule has 3 fully saturated rings. The molecular formula is C22H24F2N6O3. The van der Waals surface area contributed by atoms with Crippen LogP contribution < -0.4 is 15.1 Å². The second-order valence-electron chi connectivity index (χ2n) is 9.31. The van der Waals surface area contributed by atoms with Crippen molar-refractivity contribution in [3.8, 4) is 0 Å². The number of anilines is 3. The fourth-order valence-corrected chi connectivity index (χ4v) is 4.58. The first-order valence-corrected chi connectivity index (χ1v) is 11.0. The molecule has 0 radical (unpaired) electrons. The highest BCUT2D eigenvalue weighted by molar-refractivity contribution is 6.08. The molecule has 1 aliphatic carbocycles. The van der Waals surface area contributed by atoms with Crippen molar-refractivity contribution < 1.29 is 18.5 Å². The lowest BCUT2D eigenvalue weighted by atomic mass is 9.93. The average Bonchev–Trinajstić information content (AvgIpc) is 3.50. The third-order valence-corrected chi connectivity index (χ3v) is 6.77. The first-order chi connectivity index (χ1) is 15.6. The molecule has 174 valence electrons. The fraction of sp³-hybridized carbons (Fsp3) is 0.500. The molecule has 1 saturated carbocycles. The number of nitro benzene ring substituents is 1. The number of alkyl halides is 2. The lowest BCUT2D eigenvalue weighted by Crippen LogP contribution is -2.57. The largest absolute Gasteiger partial charge is 0.371 e. The number of aryl methyl sites for hydroxylation is 1. The summed E-state index contributed by atoms with van der Waals surface area (Å²) in [6.45, 7) is 2.24. The van der Waals surface area contributed by atoms with Gasteiger partial charge in [0.15, 0.2) is 0 Å². The van der Waals surface area contributed by atoms with E-state index in [-0.39, 0.29) is 17.5 Å². The van der Waals surface area contributed by atoms with E-state index in [0.29, 0.717) is 22.4 Å². The van der Waals surface area contributed by atoms with Gasteiger partial charge in [0.25, 0.3) is 17.5 Å². The van der Waals surface area contributed by atoms with Gasteiger partial charge in [-0.15, -0.1) is 0 Å². The normalized spacial score (nSPS) is 20.3. The third kappa shape index (κ3) is 4.31. The van der Waals surface area contributed by atoms with Crippen molar-refractivity contribution in [2.45, 2.75) is 38.5 Å². The number of hydrogen-bond acceptors (Lipinski definition) is 7. The van der Waals surface area contributed by atoms with Gasteiger partial charge in [0.2, 0.25) is 5.95 Å². The fourth-order valence-electron chi connectivity index (χ4n) is 4.58. The number of nitrogens with one attached hydrogen (secondary N) is 1. The zero-order valence-electron chi connectivity index (χ0n) is 18.2. The van der Waals surface area contributed by atoms with E-state index in [0.717, 1.165) is 25.9 Å². The van der Waals surface area contributed by atoms with Gasteiger partial charge in [-0.05, 0) is 44.1 Å². The maximum atomic E-state index is 13.2. The molecular weight excluding hydrogens is 434 g/mol. The number of carbonyl (C=O) groups is 1. The van der Waals surface area contributed by atoms with E-state index in [1.54, 1.807) is 13.0 Å². The standard InChI is InChI=1S/C22H24F2N6O3/c1-14-10-18(27-20(25-14)29-12-22(23,24)13-29)26-19(31)16-3-2-15(30(32)33)11-17(16)28-8-6-21(4-5-21)7-9-28/h2-3,10-11H,4-9,12-13H2,1H3,(H,25,26,27,31). The molecule has 1 spiro atoms. The Morgan fingerprint density at radius 2 is 1.79 bits per heavy atom. The van der Waals surface area contributed by atoms with E-state index in [9.17, 15) is 23.7 Å². The van der Waals surface area contributed by atoms with Crippen LogP contribution in [0.25, 0.3) is 0 Å². The molecule has 2 aliphatic heterocycles. The number of nitrogens with zero attached hydrogens (tertiary/aromatic N) is 5. The van der Waals surface area contributed by atoms with Crippen molar-refractivity contribution in [3.63, 3.8) is 0 Å². The molecule has 1 N–H and O–H groups in total. The molecule has 0 atom stereocenters. The highest BCUT2D eigenvalue weighted by Crippen LogP contribution is 2.54. The van der Waals surface area contributed by atoms with Crippen LogP contribution in [0.2, 0.25) is 0 Å². The number of nitro groups is 1. The van der Waals surface area contributed by atoms with Crippen molar-refractivity contribution in [1.82, 2.24) is 9.97 Å². The van der Waals surface area contributed by atoms with E-state index >= 15 is 0 Å². The lowest BCUT2D eigenvalue weighted by molar-refractivity contribution is -0.384. The summed E-state index contributed by atoms with van der Waals surface area (Å²) in [5, 5.41) is 14.1. The van der Waals surface area contributed by atoms with Gasteiger partial charge in [0, 0.05) is 37.0 Å². The van der Waals surface area contributed by atoms with Crippen LogP contribution in [0.4, 0.5) is 31.9 Å². The Balaban J connectivity index is 1.39. The topological polar surface area (TPSA) is 104 Å². The zero-order valence-corrected chi connectivity index (χ0v) is 18.2. The summed E-state index contributed by atoms with van der Waals surface area (Å²) in [7, 11) is 0. The smallest absolute Gasteiger partial charge is 0.282 e. The minimum absolute atomic E-state index is 0.0767. The van der Waals surface area contributed by atoms with Crippen LogP contribution in [0.1, 0.15) is 41.7 Å². The first-order valence-electron chi connectivity index (χ1n) is 11.0. The molecule has 2 saturated heterocycles. The molecule has 3 aliphatic rings. The van der Waals surface area contributed by atoms with E-state index in [4.69, 9.17) is 0 Å². The SMILES string of the molecule is Cc1cc(NC(=O)c2ccc([N+](=O)[O-])cc2N2CCC3(CC2)CC3)nc(N2CC(F)(F)C2)n1. The number of halogens is 2. The van der Waals surface area contributed by atoms with Gasteiger partial charge >= 0.3 is 0 Å². The Labute approximate surface area is 189 Å². The number of rotatable bonds is 5. The van der Waals surface area contributed by atoms with Crippen LogP contribution in [-0.4, -0.2) is 52.9 Å². The second-order valence-corrected chi connectivity index (χ2v) is 9.31. The number of aromatic nitrogens is 2. The van der Waals surface area contributed by atoms with Crippen LogP contribution in [0.3, 0.4) is 0 Å². The number of carbonyl (C=O) groups excluding carboxylic acids is 1. The Hall–Kier alpha value is -3.37. The Morgan fingerprint density at radius 3 is 2.39 bits per heavy atom. The van der Waals surface area contributed by atoms with Crippen molar-refractivity contribution in [2.75, 3.05) is 41.3 Å². The van der Waals surface area contributed by atoms with Gasteiger partial charge in [-0.1, -0.05) is 0 Å². The summed E-state index contributed by atoms with van der Waals surface area (Å²) < 4.78 is 26.5. The monoisotopic (exact) mass is 458 g/mol. The molecule has 3 heterocycles. The van der Waals surface area contributed by atoms with Gasteiger partial charge in [-0.3, -0.25) is 14.9 Å². The second kappa shape index (κ2) is 7.60. The molecule has 0 unspecified atom stereocenters. The highest BCUT2D eigenvalue weighted by Gasteiger charge is 2.46. The molecule has 1 aromatic heterocycles. The zero-order chi connectivity index (χ0) is 23.4. The summed E-state index contributed by atoms with van der Waals surface area (Å²) in [6, 6.07) is 5.76. The van der Waals surface area contributed by atoms with Gasteiger partial charge in [-0.25, -0.2) is 13.8 Å². The van der Waals surface area contributed by atoms with Gasteiger partial charge < -0.3 is 15.1 Å². The Bertz CT molecular complexity index is 1120.